The second kappa shape index (κ2) is 6.04. The number of aromatic nitrogens is 4. The van der Waals surface area contributed by atoms with Crippen LogP contribution in [0, 0.1) is 6.92 Å². The maximum absolute atomic E-state index is 12.3. The number of hydrogen-bond donors (Lipinski definition) is 1. The highest BCUT2D eigenvalue weighted by Crippen LogP contribution is 2.10. The molecule has 3 rings (SSSR count). The Hall–Kier alpha value is -2.96. The largest absolute Gasteiger partial charge is 0.326 e. The van der Waals surface area contributed by atoms with Crippen LogP contribution >= 0.6 is 0 Å². The zero-order chi connectivity index (χ0) is 16.4. The number of nitrogens with zero attached hydrogens (tertiary/aromatic N) is 4. The van der Waals surface area contributed by atoms with Gasteiger partial charge in [-0.2, -0.15) is 5.10 Å². The number of amides is 1. The molecule has 0 atom stereocenters. The number of fused-ring (bicyclic) bond motifs is 1. The van der Waals surface area contributed by atoms with E-state index in [1.54, 1.807) is 11.7 Å². The molecule has 0 spiro atoms. The Kier molecular flexibility index (Phi) is 3.92. The second-order valence-corrected chi connectivity index (χ2v) is 5.42. The number of rotatable bonds is 4. The van der Waals surface area contributed by atoms with Gasteiger partial charge in [0.2, 0.25) is 5.91 Å². The van der Waals surface area contributed by atoms with Gasteiger partial charge in [0, 0.05) is 25.7 Å². The summed E-state index contributed by atoms with van der Waals surface area (Å²) >= 11 is 0. The lowest BCUT2D eigenvalue weighted by atomic mass is 10.2. The number of hydrogen-bond acceptors (Lipinski definition) is 4. The summed E-state index contributed by atoms with van der Waals surface area (Å²) in [5.41, 5.74) is 2.18. The number of anilines is 1. The first-order valence-electron chi connectivity index (χ1n) is 7.28. The Morgan fingerprint density at radius 2 is 2.17 bits per heavy atom. The Morgan fingerprint density at radius 3 is 2.96 bits per heavy atom. The summed E-state index contributed by atoms with van der Waals surface area (Å²) in [7, 11) is 1.73. The van der Waals surface area contributed by atoms with E-state index in [1.165, 1.54) is 17.1 Å². The fourth-order valence-electron chi connectivity index (χ4n) is 2.39. The van der Waals surface area contributed by atoms with Crippen molar-refractivity contribution < 1.29 is 4.79 Å². The molecule has 2 aromatic heterocycles. The fourth-order valence-corrected chi connectivity index (χ4v) is 2.39. The fraction of sp³-hybridized carbons (Fsp3) is 0.250. The quantitative estimate of drug-likeness (QED) is 0.791. The molecule has 0 aliphatic rings. The molecule has 1 aromatic carbocycles. The van der Waals surface area contributed by atoms with Crippen molar-refractivity contribution in [2.24, 2.45) is 7.05 Å². The minimum atomic E-state index is -0.188. The van der Waals surface area contributed by atoms with E-state index in [9.17, 15) is 9.59 Å². The Labute approximate surface area is 132 Å². The van der Waals surface area contributed by atoms with E-state index in [2.05, 4.69) is 15.4 Å². The molecule has 0 fully saturated rings. The molecule has 0 bridgehead atoms. The zero-order valence-electron chi connectivity index (χ0n) is 13.0. The van der Waals surface area contributed by atoms with Crippen LogP contribution in [-0.4, -0.2) is 25.2 Å². The number of carbonyl (C=O) groups excluding carboxylic acids is 1. The number of nitrogens with one attached hydrogen (secondary N) is 1. The third-order valence-electron chi connectivity index (χ3n) is 3.60. The van der Waals surface area contributed by atoms with Crippen molar-refractivity contribution in [2.45, 2.75) is 19.9 Å². The van der Waals surface area contributed by atoms with Gasteiger partial charge < -0.3 is 5.32 Å². The van der Waals surface area contributed by atoms with E-state index in [1.807, 2.05) is 31.2 Å². The van der Waals surface area contributed by atoms with Gasteiger partial charge in [0.25, 0.3) is 5.56 Å². The van der Waals surface area contributed by atoms with E-state index in [0.29, 0.717) is 11.0 Å². The third-order valence-corrected chi connectivity index (χ3v) is 3.60. The van der Waals surface area contributed by atoms with Gasteiger partial charge in [-0.25, -0.2) is 4.98 Å². The first kappa shape index (κ1) is 15.0. The van der Waals surface area contributed by atoms with Crippen molar-refractivity contribution in [1.29, 1.82) is 0 Å². The topological polar surface area (TPSA) is 81.8 Å². The van der Waals surface area contributed by atoms with Crippen molar-refractivity contribution in [3.05, 3.63) is 52.7 Å². The lowest BCUT2D eigenvalue weighted by Gasteiger charge is -2.07. The summed E-state index contributed by atoms with van der Waals surface area (Å²) in [6.07, 6.45) is 3.14. The van der Waals surface area contributed by atoms with Crippen LogP contribution in [0.4, 0.5) is 5.69 Å². The van der Waals surface area contributed by atoms with Crippen LogP contribution in [-0.2, 0) is 18.4 Å². The molecule has 0 aliphatic carbocycles. The van der Waals surface area contributed by atoms with Crippen molar-refractivity contribution in [1.82, 2.24) is 19.3 Å². The van der Waals surface area contributed by atoms with Gasteiger partial charge in [-0.3, -0.25) is 18.8 Å². The zero-order valence-corrected chi connectivity index (χ0v) is 13.0. The van der Waals surface area contributed by atoms with Gasteiger partial charge in [0.1, 0.15) is 5.39 Å². The van der Waals surface area contributed by atoms with E-state index >= 15 is 0 Å². The molecule has 0 unspecified atom stereocenters. The van der Waals surface area contributed by atoms with Crippen LogP contribution in [0.25, 0.3) is 11.0 Å². The van der Waals surface area contributed by atoms with Crippen LogP contribution in [0.2, 0.25) is 0 Å². The SMILES string of the molecule is Cc1cccc(NC(=O)CCn2cnc3c(cnn3C)c2=O)c1. The minimum absolute atomic E-state index is 0.145. The predicted molar refractivity (Wildman–Crippen MR) is 87.2 cm³/mol. The average molecular weight is 311 g/mol. The van der Waals surface area contributed by atoms with Crippen LogP contribution < -0.4 is 10.9 Å². The normalized spacial score (nSPS) is 10.9. The number of benzene rings is 1. The van der Waals surface area contributed by atoms with Gasteiger partial charge in [-0.15, -0.1) is 0 Å². The number of aryl methyl sites for hydroxylation is 3. The molecule has 2 heterocycles. The van der Waals surface area contributed by atoms with Gasteiger partial charge in [0.05, 0.1) is 12.5 Å². The Balaban J connectivity index is 1.69. The summed E-state index contributed by atoms with van der Waals surface area (Å²) in [5, 5.41) is 7.29. The van der Waals surface area contributed by atoms with Crippen molar-refractivity contribution in [3.63, 3.8) is 0 Å². The van der Waals surface area contributed by atoms with Gasteiger partial charge in [0.15, 0.2) is 5.65 Å². The van der Waals surface area contributed by atoms with E-state index < -0.39 is 0 Å². The average Bonchev–Trinajstić information content (AvgIpc) is 2.89. The van der Waals surface area contributed by atoms with E-state index in [0.717, 1.165) is 11.3 Å². The molecule has 23 heavy (non-hydrogen) atoms. The molecular weight excluding hydrogens is 294 g/mol. The highest BCUT2D eigenvalue weighted by Gasteiger charge is 2.09. The van der Waals surface area contributed by atoms with Crippen LogP contribution in [0.5, 0.6) is 0 Å². The lowest BCUT2D eigenvalue weighted by Crippen LogP contribution is -2.23. The maximum atomic E-state index is 12.3. The van der Waals surface area contributed by atoms with Gasteiger partial charge in [-0.05, 0) is 24.6 Å². The highest BCUT2D eigenvalue weighted by atomic mass is 16.2. The summed E-state index contributed by atoms with van der Waals surface area (Å²) in [4.78, 5) is 28.5. The van der Waals surface area contributed by atoms with Crippen molar-refractivity contribution >= 4 is 22.6 Å². The Morgan fingerprint density at radius 1 is 1.35 bits per heavy atom. The molecular formula is C16H17N5O2. The lowest BCUT2D eigenvalue weighted by molar-refractivity contribution is -0.116. The first-order valence-corrected chi connectivity index (χ1v) is 7.28. The molecule has 7 heteroatoms. The molecule has 0 aliphatic heterocycles. The van der Waals surface area contributed by atoms with E-state index in [-0.39, 0.29) is 24.4 Å². The molecule has 0 radical (unpaired) electrons. The molecule has 118 valence electrons. The summed E-state index contributed by atoms with van der Waals surface area (Å²) in [5.74, 6) is -0.145. The molecule has 7 nitrogen and oxygen atoms in total. The molecule has 0 saturated heterocycles. The third kappa shape index (κ3) is 3.13. The molecule has 1 N–H and O–H groups in total. The van der Waals surface area contributed by atoms with Crippen LogP contribution in [0.15, 0.2) is 41.6 Å². The Bertz CT molecular complexity index is 926. The van der Waals surface area contributed by atoms with Gasteiger partial charge in [-0.1, -0.05) is 12.1 Å². The van der Waals surface area contributed by atoms with Crippen molar-refractivity contribution in [3.8, 4) is 0 Å². The number of carbonyl (C=O) groups is 1. The molecule has 1 amide bonds. The summed E-state index contributed by atoms with van der Waals surface area (Å²) in [6, 6.07) is 7.58. The van der Waals surface area contributed by atoms with E-state index in [4.69, 9.17) is 0 Å². The first-order chi connectivity index (χ1) is 11.0. The predicted octanol–water partition coefficient (Wildman–Crippen LogP) is 1.47. The second-order valence-electron chi connectivity index (χ2n) is 5.42. The van der Waals surface area contributed by atoms with Crippen LogP contribution in [0.1, 0.15) is 12.0 Å². The molecule has 0 saturated carbocycles. The maximum Gasteiger partial charge on any atom is 0.264 e. The van der Waals surface area contributed by atoms with Gasteiger partial charge >= 0.3 is 0 Å². The molecule has 3 aromatic rings. The highest BCUT2D eigenvalue weighted by molar-refractivity contribution is 5.90. The smallest absolute Gasteiger partial charge is 0.264 e. The van der Waals surface area contributed by atoms with Crippen molar-refractivity contribution in [2.75, 3.05) is 5.32 Å². The summed E-state index contributed by atoms with van der Waals surface area (Å²) < 4.78 is 2.98. The standard InChI is InChI=1S/C16H17N5O2/c1-11-4-3-5-12(8-11)19-14(22)6-7-21-10-17-15-13(16(21)23)9-18-20(15)2/h3-5,8-10H,6-7H2,1-2H3,(H,19,22). The summed E-state index contributed by atoms with van der Waals surface area (Å²) in [6.45, 7) is 2.23. The van der Waals surface area contributed by atoms with Crippen LogP contribution in [0.3, 0.4) is 0 Å². The minimum Gasteiger partial charge on any atom is -0.326 e. The monoisotopic (exact) mass is 311 g/mol.